The summed E-state index contributed by atoms with van der Waals surface area (Å²) in [7, 11) is 3.19. The Morgan fingerprint density at radius 3 is 2.48 bits per heavy atom. The highest BCUT2D eigenvalue weighted by Gasteiger charge is 2.19. The first-order chi connectivity index (χ1) is 9.84. The fraction of sp³-hybridized carbons (Fsp3) is 0.333. The predicted octanol–water partition coefficient (Wildman–Crippen LogP) is 1.25. The second-order valence-corrected chi connectivity index (χ2v) is 4.66. The molecule has 0 unspecified atom stereocenters. The molecule has 9 heteroatoms. The predicted molar refractivity (Wildman–Crippen MR) is 77.5 cm³/mol. The highest BCUT2D eigenvalue weighted by molar-refractivity contribution is 6.35. The van der Waals surface area contributed by atoms with Gasteiger partial charge in [0, 0.05) is 33.3 Å². The van der Waals surface area contributed by atoms with Gasteiger partial charge in [-0.1, -0.05) is 17.7 Å². The quantitative estimate of drug-likeness (QED) is 0.485. The normalized spacial score (nSPS) is 9.86. The summed E-state index contributed by atoms with van der Waals surface area (Å²) in [5.74, 6) is -0.539. The number of urea groups is 1. The van der Waals surface area contributed by atoms with E-state index in [2.05, 4.69) is 10.6 Å². The van der Waals surface area contributed by atoms with Crippen LogP contribution in [0, 0.1) is 10.1 Å². The van der Waals surface area contributed by atoms with Crippen molar-refractivity contribution >= 4 is 29.2 Å². The third-order valence-corrected chi connectivity index (χ3v) is 2.91. The van der Waals surface area contributed by atoms with E-state index in [1.807, 2.05) is 0 Å². The number of hydrogen-bond acceptors (Lipinski definition) is 4. The first-order valence-corrected chi connectivity index (χ1v) is 6.38. The fourth-order valence-corrected chi connectivity index (χ4v) is 1.72. The maximum atomic E-state index is 11.9. The first kappa shape index (κ1) is 16.7. The molecule has 0 saturated carbocycles. The Kier molecular flexibility index (Phi) is 5.92. The number of hydrogen-bond donors (Lipinski definition) is 2. The van der Waals surface area contributed by atoms with Crippen LogP contribution >= 0.6 is 11.6 Å². The van der Waals surface area contributed by atoms with Gasteiger partial charge in [0.15, 0.2) is 0 Å². The molecular weight excluding hydrogens is 300 g/mol. The number of nitro benzene ring substituents is 1. The summed E-state index contributed by atoms with van der Waals surface area (Å²) in [6.45, 7) is 0.409. The molecule has 0 aliphatic rings. The van der Waals surface area contributed by atoms with Crippen LogP contribution in [-0.4, -0.2) is 48.9 Å². The number of nitrogens with zero attached hydrogens (tertiary/aromatic N) is 2. The molecule has 114 valence electrons. The fourth-order valence-electron chi connectivity index (χ4n) is 1.43. The lowest BCUT2D eigenvalue weighted by atomic mass is 10.2. The standard InChI is InChI=1S/C12H15ClN4O4/c1-16(2)12(19)15-7-6-14-11(18)8-4-3-5-9(10(8)13)17(20)21/h3-5H,6-7H2,1-2H3,(H,14,18)(H,15,19). The lowest BCUT2D eigenvalue weighted by molar-refractivity contribution is -0.384. The van der Waals surface area contributed by atoms with E-state index in [1.54, 1.807) is 14.1 Å². The highest BCUT2D eigenvalue weighted by atomic mass is 35.5. The molecule has 1 aromatic carbocycles. The van der Waals surface area contributed by atoms with E-state index in [9.17, 15) is 19.7 Å². The van der Waals surface area contributed by atoms with Crippen LogP contribution in [0.1, 0.15) is 10.4 Å². The summed E-state index contributed by atoms with van der Waals surface area (Å²) < 4.78 is 0. The number of amides is 3. The Morgan fingerprint density at radius 1 is 1.29 bits per heavy atom. The SMILES string of the molecule is CN(C)C(=O)NCCNC(=O)c1cccc([N+](=O)[O-])c1Cl. The largest absolute Gasteiger partial charge is 0.350 e. The molecule has 0 atom stereocenters. The zero-order valence-corrected chi connectivity index (χ0v) is 12.3. The monoisotopic (exact) mass is 314 g/mol. The third-order valence-electron chi connectivity index (χ3n) is 2.51. The first-order valence-electron chi connectivity index (χ1n) is 6.01. The maximum absolute atomic E-state index is 11.9. The lowest BCUT2D eigenvalue weighted by Gasteiger charge is -2.12. The summed E-state index contributed by atoms with van der Waals surface area (Å²) in [6, 6.07) is 3.71. The van der Waals surface area contributed by atoms with Crippen molar-refractivity contribution in [2.45, 2.75) is 0 Å². The van der Waals surface area contributed by atoms with Crippen molar-refractivity contribution in [2.24, 2.45) is 0 Å². The minimum Gasteiger partial charge on any atom is -0.350 e. The molecule has 0 saturated heterocycles. The molecule has 0 aliphatic carbocycles. The van der Waals surface area contributed by atoms with Crippen LogP contribution in [0.25, 0.3) is 0 Å². The van der Waals surface area contributed by atoms with E-state index >= 15 is 0 Å². The second-order valence-electron chi connectivity index (χ2n) is 4.28. The van der Waals surface area contributed by atoms with E-state index in [1.165, 1.54) is 23.1 Å². The Hall–Kier alpha value is -2.35. The second kappa shape index (κ2) is 7.44. The number of rotatable bonds is 5. The van der Waals surface area contributed by atoms with Gasteiger partial charge in [0.05, 0.1) is 10.5 Å². The third kappa shape index (κ3) is 4.60. The van der Waals surface area contributed by atoms with Crippen molar-refractivity contribution in [2.75, 3.05) is 27.2 Å². The molecule has 0 spiro atoms. The molecule has 0 aliphatic heterocycles. The minimum absolute atomic E-state index is 0.0183. The minimum atomic E-state index is -0.656. The zero-order chi connectivity index (χ0) is 16.0. The number of carbonyl (C=O) groups excluding carboxylic acids is 2. The van der Waals surface area contributed by atoms with Gasteiger partial charge in [-0.25, -0.2) is 4.79 Å². The van der Waals surface area contributed by atoms with Crippen LogP contribution in [-0.2, 0) is 0 Å². The summed E-state index contributed by atoms with van der Waals surface area (Å²) in [6.07, 6.45) is 0. The van der Waals surface area contributed by atoms with Crippen molar-refractivity contribution in [3.05, 3.63) is 38.9 Å². The van der Waals surface area contributed by atoms with Crippen LogP contribution in [0.15, 0.2) is 18.2 Å². The van der Waals surface area contributed by atoms with Crippen molar-refractivity contribution in [3.63, 3.8) is 0 Å². The van der Waals surface area contributed by atoms with E-state index in [0.29, 0.717) is 0 Å². The van der Waals surface area contributed by atoms with Gasteiger partial charge in [-0.15, -0.1) is 0 Å². The Morgan fingerprint density at radius 2 is 1.90 bits per heavy atom. The maximum Gasteiger partial charge on any atom is 0.316 e. The van der Waals surface area contributed by atoms with Gasteiger partial charge in [-0.2, -0.15) is 0 Å². The molecule has 1 aromatic rings. The van der Waals surface area contributed by atoms with Crippen LogP contribution in [0.5, 0.6) is 0 Å². The highest BCUT2D eigenvalue weighted by Crippen LogP contribution is 2.27. The molecule has 2 N–H and O–H groups in total. The zero-order valence-electron chi connectivity index (χ0n) is 11.6. The molecular formula is C12H15ClN4O4. The number of benzene rings is 1. The molecule has 0 aromatic heterocycles. The van der Waals surface area contributed by atoms with Crippen LogP contribution in [0.4, 0.5) is 10.5 Å². The number of nitro groups is 1. The number of halogens is 1. The smallest absolute Gasteiger partial charge is 0.316 e. The average molecular weight is 315 g/mol. The Balaban J connectivity index is 2.59. The van der Waals surface area contributed by atoms with E-state index in [0.717, 1.165) is 0 Å². The molecule has 0 fully saturated rings. The van der Waals surface area contributed by atoms with Crippen LogP contribution < -0.4 is 10.6 Å². The molecule has 0 bridgehead atoms. The van der Waals surface area contributed by atoms with Crippen LogP contribution in [0.2, 0.25) is 5.02 Å². The molecule has 1 rings (SSSR count). The van der Waals surface area contributed by atoms with Gasteiger partial charge in [0.2, 0.25) is 0 Å². The van der Waals surface area contributed by atoms with Crippen molar-refractivity contribution in [3.8, 4) is 0 Å². The molecule has 0 radical (unpaired) electrons. The van der Waals surface area contributed by atoms with Gasteiger partial charge in [0.1, 0.15) is 5.02 Å². The number of carbonyl (C=O) groups is 2. The van der Waals surface area contributed by atoms with E-state index < -0.39 is 10.8 Å². The van der Waals surface area contributed by atoms with E-state index in [-0.39, 0.29) is 35.4 Å². The topological polar surface area (TPSA) is 105 Å². The van der Waals surface area contributed by atoms with Gasteiger partial charge >= 0.3 is 6.03 Å². The van der Waals surface area contributed by atoms with E-state index in [4.69, 9.17) is 11.6 Å². The summed E-state index contributed by atoms with van der Waals surface area (Å²) in [4.78, 5) is 34.6. The Bertz CT molecular complexity index is 562. The summed E-state index contributed by atoms with van der Waals surface area (Å²) in [5, 5.41) is 15.6. The Labute approximate surface area is 126 Å². The summed E-state index contributed by atoms with van der Waals surface area (Å²) >= 11 is 5.82. The van der Waals surface area contributed by atoms with Gasteiger partial charge in [0.25, 0.3) is 11.6 Å². The van der Waals surface area contributed by atoms with Crippen molar-refractivity contribution < 1.29 is 14.5 Å². The average Bonchev–Trinajstić information content (AvgIpc) is 2.42. The summed E-state index contributed by atoms with van der Waals surface area (Å²) in [5.41, 5.74) is -0.310. The van der Waals surface area contributed by atoms with Gasteiger partial charge in [-0.3, -0.25) is 14.9 Å². The molecule has 21 heavy (non-hydrogen) atoms. The number of nitrogens with one attached hydrogen (secondary N) is 2. The molecule has 0 heterocycles. The van der Waals surface area contributed by atoms with Gasteiger partial charge < -0.3 is 15.5 Å². The molecule has 3 amide bonds. The molecule has 8 nitrogen and oxygen atoms in total. The van der Waals surface area contributed by atoms with Crippen LogP contribution in [0.3, 0.4) is 0 Å². The lowest BCUT2D eigenvalue weighted by Crippen LogP contribution is -2.39. The van der Waals surface area contributed by atoms with Crippen molar-refractivity contribution in [1.29, 1.82) is 0 Å². The van der Waals surface area contributed by atoms with Gasteiger partial charge in [-0.05, 0) is 6.07 Å². The van der Waals surface area contributed by atoms with Crippen molar-refractivity contribution in [1.82, 2.24) is 15.5 Å².